The Morgan fingerprint density at radius 1 is 1.82 bits per heavy atom. The molecule has 1 amide bonds. The molecule has 0 saturated carbocycles. The van der Waals surface area contributed by atoms with Gasteiger partial charge in [-0.1, -0.05) is 0 Å². The van der Waals surface area contributed by atoms with Crippen molar-refractivity contribution in [2.75, 3.05) is 6.54 Å². The maximum absolute atomic E-state index is 11.4. The van der Waals surface area contributed by atoms with Crippen LogP contribution in [-0.4, -0.2) is 28.4 Å². The van der Waals surface area contributed by atoms with Crippen LogP contribution in [0.25, 0.3) is 0 Å². The normalized spacial score (nSPS) is 22.8. The van der Waals surface area contributed by atoms with Gasteiger partial charge < -0.3 is 5.73 Å². The topological polar surface area (TPSA) is 59.2 Å². The maximum atomic E-state index is 11.4. The lowest BCUT2D eigenvalue weighted by molar-refractivity contribution is -0.122. The molecule has 0 spiro atoms. The number of rotatable bonds is 4. The summed E-state index contributed by atoms with van der Waals surface area (Å²) in [7, 11) is 0. The van der Waals surface area contributed by atoms with Crippen LogP contribution in [0.1, 0.15) is 36.5 Å². The van der Waals surface area contributed by atoms with Gasteiger partial charge in [-0.15, -0.1) is 22.9 Å². The first-order chi connectivity index (χ1) is 8.13. The van der Waals surface area contributed by atoms with E-state index in [1.165, 1.54) is 0 Å². The van der Waals surface area contributed by atoms with Crippen LogP contribution in [0.15, 0.2) is 5.38 Å². The minimum atomic E-state index is -0.233. The summed E-state index contributed by atoms with van der Waals surface area (Å²) in [6.45, 7) is 2.97. The van der Waals surface area contributed by atoms with Gasteiger partial charge in [0.2, 0.25) is 5.91 Å². The minimum absolute atomic E-state index is 0.136. The number of primary amides is 1. The third kappa shape index (κ3) is 2.61. The summed E-state index contributed by atoms with van der Waals surface area (Å²) < 4.78 is 0. The van der Waals surface area contributed by atoms with Crippen molar-refractivity contribution in [2.45, 2.75) is 37.7 Å². The first-order valence-electron chi connectivity index (χ1n) is 5.68. The number of aromatic nitrogens is 1. The number of hydrogen-bond donors (Lipinski definition) is 1. The van der Waals surface area contributed by atoms with Gasteiger partial charge >= 0.3 is 0 Å². The Labute approximate surface area is 110 Å². The van der Waals surface area contributed by atoms with E-state index < -0.39 is 0 Å². The van der Waals surface area contributed by atoms with E-state index in [9.17, 15) is 4.79 Å². The van der Waals surface area contributed by atoms with Gasteiger partial charge in [-0.2, -0.15) is 0 Å². The molecule has 0 aliphatic carbocycles. The molecule has 1 aromatic heterocycles. The van der Waals surface area contributed by atoms with Crippen LogP contribution >= 0.6 is 22.9 Å². The van der Waals surface area contributed by atoms with Crippen molar-refractivity contribution >= 4 is 28.8 Å². The second kappa shape index (κ2) is 5.33. The van der Waals surface area contributed by atoms with E-state index in [2.05, 4.69) is 16.8 Å². The van der Waals surface area contributed by atoms with E-state index in [0.717, 1.165) is 30.1 Å². The molecular weight excluding hydrogens is 258 g/mol. The Morgan fingerprint density at radius 2 is 2.59 bits per heavy atom. The number of likely N-dealkylation sites (tertiary alicyclic amines) is 1. The number of nitrogens with zero attached hydrogens (tertiary/aromatic N) is 2. The van der Waals surface area contributed by atoms with E-state index in [0.29, 0.717) is 5.88 Å². The van der Waals surface area contributed by atoms with Gasteiger partial charge in [-0.05, 0) is 26.3 Å². The molecule has 6 heteroatoms. The molecule has 4 nitrogen and oxygen atoms in total. The van der Waals surface area contributed by atoms with Gasteiger partial charge in [0.25, 0.3) is 0 Å². The fraction of sp³-hybridized carbons (Fsp3) is 0.636. The number of carbonyl (C=O) groups excluding carboxylic acids is 1. The zero-order valence-corrected chi connectivity index (χ0v) is 11.3. The molecule has 1 aliphatic rings. The lowest BCUT2D eigenvalue weighted by Gasteiger charge is -2.27. The minimum Gasteiger partial charge on any atom is -0.368 e. The third-order valence-corrected chi connectivity index (χ3v) is 4.52. The van der Waals surface area contributed by atoms with Crippen LogP contribution in [0, 0.1) is 0 Å². The van der Waals surface area contributed by atoms with E-state index >= 15 is 0 Å². The maximum Gasteiger partial charge on any atom is 0.234 e. The molecule has 0 bridgehead atoms. The quantitative estimate of drug-likeness (QED) is 0.853. The van der Waals surface area contributed by atoms with E-state index in [-0.39, 0.29) is 18.0 Å². The molecule has 1 aliphatic heterocycles. The first kappa shape index (κ1) is 12.8. The van der Waals surface area contributed by atoms with Crippen LogP contribution in [-0.2, 0) is 10.7 Å². The summed E-state index contributed by atoms with van der Waals surface area (Å²) >= 11 is 7.33. The molecule has 1 aromatic rings. The second-order valence-corrected chi connectivity index (χ2v) is 5.44. The Morgan fingerprint density at radius 3 is 3.18 bits per heavy atom. The van der Waals surface area contributed by atoms with E-state index in [1.807, 2.05) is 5.38 Å². The van der Waals surface area contributed by atoms with Crippen molar-refractivity contribution in [3.05, 3.63) is 16.1 Å². The lowest BCUT2D eigenvalue weighted by Crippen LogP contribution is -2.41. The van der Waals surface area contributed by atoms with E-state index in [4.69, 9.17) is 17.3 Å². The molecule has 1 saturated heterocycles. The number of hydrogen-bond acceptors (Lipinski definition) is 4. The van der Waals surface area contributed by atoms with Crippen LogP contribution in [0.3, 0.4) is 0 Å². The molecule has 17 heavy (non-hydrogen) atoms. The molecule has 1 fully saturated rings. The Balaban J connectivity index is 2.13. The summed E-state index contributed by atoms with van der Waals surface area (Å²) in [5.41, 5.74) is 6.31. The average Bonchev–Trinajstić information content (AvgIpc) is 2.97. The van der Waals surface area contributed by atoms with Crippen LogP contribution in [0.4, 0.5) is 0 Å². The Hall–Kier alpha value is -0.650. The number of alkyl halides is 1. The fourth-order valence-corrected chi connectivity index (χ4v) is 3.40. The molecule has 0 radical (unpaired) electrons. The van der Waals surface area contributed by atoms with Crippen molar-refractivity contribution in [2.24, 2.45) is 5.73 Å². The van der Waals surface area contributed by atoms with Crippen molar-refractivity contribution in [3.8, 4) is 0 Å². The highest BCUT2D eigenvalue weighted by Gasteiger charge is 2.33. The van der Waals surface area contributed by atoms with Gasteiger partial charge in [0.05, 0.1) is 23.7 Å². The predicted molar refractivity (Wildman–Crippen MR) is 69.0 cm³/mol. The summed E-state index contributed by atoms with van der Waals surface area (Å²) in [6, 6.07) is -0.00896. The lowest BCUT2D eigenvalue weighted by atomic mass is 10.2. The monoisotopic (exact) mass is 273 g/mol. The molecule has 0 aromatic carbocycles. The molecular formula is C11H16ClN3OS. The smallest absolute Gasteiger partial charge is 0.234 e. The van der Waals surface area contributed by atoms with Gasteiger partial charge in [0.1, 0.15) is 5.01 Å². The summed E-state index contributed by atoms with van der Waals surface area (Å²) in [4.78, 5) is 17.9. The molecule has 94 valence electrons. The van der Waals surface area contributed by atoms with Gasteiger partial charge in [-0.3, -0.25) is 9.69 Å². The predicted octanol–water partition coefficient (Wildman–Crippen LogP) is 1.89. The highest BCUT2D eigenvalue weighted by atomic mass is 35.5. The van der Waals surface area contributed by atoms with Crippen LogP contribution in [0.2, 0.25) is 0 Å². The molecule has 2 unspecified atom stereocenters. The fourth-order valence-electron chi connectivity index (χ4n) is 2.28. The third-order valence-electron chi connectivity index (χ3n) is 3.18. The number of amides is 1. The molecule has 2 atom stereocenters. The zero-order valence-electron chi connectivity index (χ0n) is 9.73. The standard InChI is InChI=1S/C11H16ClN3OS/c1-7(11-14-8(5-12)6-17-11)15-4-2-3-9(15)10(13)16/h6-7,9H,2-5H2,1H3,(H2,13,16). The second-order valence-electron chi connectivity index (χ2n) is 4.28. The number of nitrogens with two attached hydrogens (primary N) is 1. The van der Waals surface area contributed by atoms with Gasteiger partial charge in [-0.25, -0.2) is 4.98 Å². The molecule has 2 heterocycles. The largest absolute Gasteiger partial charge is 0.368 e. The summed E-state index contributed by atoms with van der Waals surface area (Å²) in [5, 5.41) is 2.97. The first-order valence-corrected chi connectivity index (χ1v) is 7.10. The number of thiazole rings is 1. The highest BCUT2D eigenvalue weighted by molar-refractivity contribution is 7.09. The average molecular weight is 274 g/mol. The summed E-state index contributed by atoms with van der Waals surface area (Å²) in [5.74, 6) is 0.200. The molecule has 2 N–H and O–H groups in total. The number of halogens is 1. The van der Waals surface area contributed by atoms with Gasteiger partial charge in [0, 0.05) is 5.38 Å². The zero-order chi connectivity index (χ0) is 12.4. The van der Waals surface area contributed by atoms with Crippen molar-refractivity contribution in [3.63, 3.8) is 0 Å². The summed E-state index contributed by atoms with van der Waals surface area (Å²) in [6.07, 6.45) is 1.87. The van der Waals surface area contributed by atoms with Crippen LogP contribution in [0.5, 0.6) is 0 Å². The number of carbonyl (C=O) groups is 1. The Bertz CT molecular complexity index is 409. The van der Waals surface area contributed by atoms with E-state index in [1.54, 1.807) is 11.3 Å². The Kier molecular flexibility index (Phi) is 4.01. The SMILES string of the molecule is CC(c1nc(CCl)cs1)N1CCCC1C(N)=O. The van der Waals surface area contributed by atoms with Crippen molar-refractivity contribution in [1.29, 1.82) is 0 Å². The highest BCUT2D eigenvalue weighted by Crippen LogP contribution is 2.30. The van der Waals surface area contributed by atoms with Crippen LogP contribution < -0.4 is 5.73 Å². The van der Waals surface area contributed by atoms with Gasteiger partial charge in [0.15, 0.2) is 0 Å². The van der Waals surface area contributed by atoms with Crippen molar-refractivity contribution < 1.29 is 4.79 Å². The van der Waals surface area contributed by atoms with Crippen molar-refractivity contribution in [1.82, 2.24) is 9.88 Å². The molecule has 2 rings (SSSR count).